The molecule has 1 unspecified atom stereocenters. The maximum atomic E-state index is 5.59. The molecule has 0 radical (unpaired) electrons. The van der Waals surface area contributed by atoms with Crippen LogP contribution in [0, 0.1) is 5.41 Å². The lowest BCUT2D eigenvalue weighted by molar-refractivity contribution is 0.261. The van der Waals surface area contributed by atoms with E-state index in [1.807, 2.05) is 4.68 Å². The van der Waals surface area contributed by atoms with Gasteiger partial charge in [0.2, 0.25) is 0 Å². The highest BCUT2D eigenvalue weighted by molar-refractivity contribution is 4.94. The molecule has 0 saturated carbocycles. The zero-order valence-electron chi connectivity index (χ0n) is 10.9. The third-order valence-electron chi connectivity index (χ3n) is 2.77. The number of nitrogens with two attached hydrogens (primary N) is 1. The van der Waals surface area contributed by atoms with Crippen molar-refractivity contribution in [2.75, 3.05) is 0 Å². The van der Waals surface area contributed by atoms with Crippen molar-refractivity contribution in [1.82, 2.24) is 20.2 Å². The van der Waals surface area contributed by atoms with E-state index in [0.717, 1.165) is 12.2 Å². The van der Waals surface area contributed by atoms with Crippen LogP contribution in [0.2, 0.25) is 0 Å². The maximum Gasteiger partial charge on any atom is 0.138 e. The van der Waals surface area contributed by atoms with Crippen LogP contribution in [-0.2, 0) is 6.42 Å². The minimum atomic E-state index is 0.0997. The SMILES string of the molecule is CC(C)n1ncnc1CC(NN)C(C)(C)C. The van der Waals surface area contributed by atoms with Crippen molar-refractivity contribution in [3.63, 3.8) is 0 Å². The molecule has 0 aliphatic carbocycles. The Hall–Kier alpha value is -0.940. The van der Waals surface area contributed by atoms with E-state index < -0.39 is 0 Å². The predicted molar refractivity (Wildman–Crippen MR) is 64.7 cm³/mol. The molecule has 1 rings (SSSR count). The van der Waals surface area contributed by atoms with Crippen LogP contribution in [0.3, 0.4) is 0 Å². The highest BCUT2D eigenvalue weighted by Gasteiger charge is 2.25. The van der Waals surface area contributed by atoms with Gasteiger partial charge in [-0.3, -0.25) is 11.3 Å². The normalized spacial score (nSPS) is 14.4. The Bertz CT molecular complexity index is 323. The smallest absolute Gasteiger partial charge is 0.138 e. The van der Waals surface area contributed by atoms with Crippen LogP contribution < -0.4 is 11.3 Å². The molecule has 0 aromatic carbocycles. The first-order chi connectivity index (χ1) is 7.36. The van der Waals surface area contributed by atoms with Crippen molar-refractivity contribution in [3.05, 3.63) is 12.2 Å². The van der Waals surface area contributed by atoms with Crippen molar-refractivity contribution in [1.29, 1.82) is 0 Å². The highest BCUT2D eigenvalue weighted by atomic mass is 15.3. The number of aromatic nitrogens is 3. The molecule has 3 N–H and O–H groups in total. The largest absolute Gasteiger partial charge is 0.271 e. The van der Waals surface area contributed by atoms with Gasteiger partial charge >= 0.3 is 0 Å². The summed E-state index contributed by atoms with van der Waals surface area (Å²) in [5.74, 6) is 6.57. The van der Waals surface area contributed by atoms with E-state index >= 15 is 0 Å². The topological polar surface area (TPSA) is 68.8 Å². The second kappa shape index (κ2) is 4.93. The molecule has 92 valence electrons. The molecule has 1 aromatic rings. The number of hydrogen-bond acceptors (Lipinski definition) is 4. The Morgan fingerprint density at radius 1 is 1.44 bits per heavy atom. The van der Waals surface area contributed by atoms with Crippen molar-refractivity contribution >= 4 is 0 Å². The van der Waals surface area contributed by atoms with Crippen LogP contribution in [0.1, 0.15) is 46.5 Å². The molecular formula is C11H23N5. The van der Waals surface area contributed by atoms with Crippen molar-refractivity contribution in [3.8, 4) is 0 Å². The summed E-state index contributed by atoms with van der Waals surface area (Å²) in [5, 5.41) is 4.22. The number of nitrogens with one attached hydrogen (secondary N) is 1. The summed E-state index contributed by atoms with van der Waals surface area (Å²) in [7, 11) is 0. The summed E-state index contributed by atoms with van der Waals surface area (Å²) >= 11 is 0. The zero-order chi connectivity index (χ0) is 12.3. The lowest BCUT2D eigenvalue weighted by atomic mass is 9.85. The standard InChI is InChI=1S/C11H23N5/c1-8(2)16-10(13-7-14-16)6-9(15-12)11(3,4)5/h7-9,15H,6,12H2,1-5H3. The van der Waals surface area contributed by atoms with Crippen LogP contribution in [0.15, 0.2) is 6.33 Å². The average molecular weight is 225 g/mol. The van der Waals surface area contributed by atoms with E-state index in [0.29, 0.717) is 6.04 Å². The first kappa shape index (κ1) is 13.1. The van der Waals surface area contributed by atoms with E-state index in [9.17, 15) is 0 Å². The Morgan fingerprint density at radius 3 is 2.50 bits per heavy atom. The van der Waals surface area contributed by atoms with Gasteiger partial charge < -0.3 is 0 Å². The number of rotatable bonds is 4. The minimum absolute atomic E-state index is 0.0997. The first-order valence-electron chi connectivity index (χ1n) is 5.70. The van der Waals surface area contributed by atoms with Crippen molar-refractivity contribution in [2.24, 2.45) is 11.3 Å². The van der Waals surface area contributed by atoms with E-state index in [1.54, 1.807) is 6.33 Å². The molecule has 5 heteroatoms. The summed E-state index contributed by atoms with van der Waals surface area (Å²) in [4.78, 5) is 4.30. The Kier molecular flexibility index (Phi) is 4.04. The second-order valence-corrected chi connectivity index (χ2v) is 5.50. The maximum absolute atomic E-state index is 5.59. The highest BCUT2D eigenvalue weighted by Crippen LogP contribution is 2.21. The second-order valence-electron chi connectivity index (χ2n) is 5.50. The summed E-state index contributed by atoms with van der Waals surface area (Å²) in [6.07, 6.45) is 2.39. The minimum Gasteiger partial charge on any atom is -0.271 e. The molecule has 16 heavy (non-hydrogen) atoms. The van der Waals surface area contributed by atoms with Gasteiger partial charge in [-0.15, -0.1) is 0 Å². The van der Waals surface area contributed by atoms with Crippen LogP contribution in [0.5, 0.6) is 0 Å². The van der Waals surface area contributed by atoms with Gasteiger partial charge in [0.25, 0.3) is 0 Å². The molecule has 0 saturated heterocycles. The van der Waals surface area contributed by atoms with Crippen LogP contribution in [0.25, 0.3) is 0 Å². The summed E-state index contributed by atoms with van der Waals surface area (Å²) < 4.78 is 1.94. The lowest BCUT2D eigenvalue weighted by Crippen LogP contribution is -2.46. The van der Waals surface area contributed by atoms with Gasteiger partial charge in [-0.1, -0.05) is 20.8 Å². The Morgan fingerprint density at radius 2 is 2.06 bits per heavy atom. The van der Waals surface area contributed by atoms with E-state index in [2.05, 4.69) is 50.1 Å². The van der Waals surface area contributed by atoms with Gasteiger partial charge in [0.15, 0.2) is 0 Å². The summed E-state index contributed by atoms with van der Waals surface area (Å²) in [5.41, 5.74) is 2.97. The fourth-order valence-corrected chi connectivity index (χ4v) is 1.65. The third-order valence-corrected chi connectivity index (χ3v) is 2.77. The molecular weight excluding hydrogens is 202 g/mol. The van der Waals surface area contributed by atoms with Crippen LogP contribution >= 0.6 is 0 Å². The molecule has 0 fully saturated rings. The fraction of sp³-hybridized carbons (Fsp3) is 0.818. The number of nitrogens with zero attached hydrogens (tertiary/aromatic N) is 3. The number of hydrogen-bond donors (Lipinski definition) is 2. The third kappa shape index (κ3) is 3.02. The number of hydrazine groups is 1. The fourth-order valence-electron chi connectivity index (χ4n) is 1.65. The molecule has 1 aromatic heterocycles. The van der Waals surface area contributed by atoms with Crippen LogP contribution in [-0.4, -0.2) is 20.8 Å². The van der Waals surface area contributed by atoms with Crippen LogP contribution in [0.4, 0.5) is 0 Å². The quantitative estimate of drug-likeness (QED) is 0.598. The predicted octanol–water partition coefficient (Wildman–Crippen LogP) is 1.28. The van der Waals surface area contributed by atoms with E-state index in [1.165, 1.54) is 0 Å². The molecule has 0 bridgehead atoms. The molecule has 0 aliphatic heterocycles. The van der Waals surface area contributed by atoms with Gasteiger partial charge in [-0.25, -0.2) is 9.67 Å². The molecule has 5 nitrogen and oxygen atoms in total. The van der Waals surface area contributed by atoms with Gasteiger partial charge in [-0.05, 0) is 19.3 Å². The van der Waals surface area contributed by atoms with Gasteiger partial charge in [0.05, 0.1) is 0 Å². The van der Waals surface area contributed by atoms with Gasteiger partial charge in [0, 0.05) is 18.5 Å². The molecule has 1 atom stereocenters. The van der Waals surface area contributed by atoms with Crippen molar-refractivity contribution < 1.29 is 0 Å². The first-order valence-corrected chi connectivity index (χ1v) is 5.70. The molecule has 1 heterocycles. The van der Waals surface area contributed by atoms with Crippen molar-refractivity contribution in [2.45, 2.75) is 53.1 Å². The monoisotopic (exact) mass is 225 g/mol. The zero-order valence-corrected chi connectivity index (χ0v) is 10.9. The molecule has 0 aliphatic rings. The van der Waals surface area contributed by atoms with Gasteiger partial charge in [-0.2, -0.15) is 5.10 Å². The van der Waals surface area contributed by atoms with E-state index in [4.69, 9.17) is 5.84 Å². The Balaban J connectivity index is 2.82. The van der Waals surface area contributed by atoms with Gasteiger partial charge in [0.1, 0.15) is 12.2 Å². The molecule has 0 spiro atoms. The Labute approximate surface area is 97.4 Å². The molecule has 0 amide bonds. The average Bonchev–Trinajstić information content (AvgIpc) is 2.59. The summed E-state index contributed by atoms with van der Waals surface area (Å²) in [6.45, 7) is 10.7. The van der Waals surface area contributed by atoms with E-state index in [-0.39, 0.29) is 11.5 Å². The lowest BCUT2D eigenvalue weighted by Gasteiger charge is -2.29. The summed E-state index contributed by atoms with van der Waals surface area (Å²) in [6, 6.07) is 0.519.